The van der Waals surface area contributed by atoms with Crippen molar-refractivity contribution in [2.24, 2.45) is 0 Å². The number of hydrogen-bond acceptors (Lipinski definition) is 4. The first-order valence-corrected chi connectivity index (χ1v) is 11.3. The molecule has 0 bridgehead atoms. The van der Waals surface area contributed by atoms with Gasteiger partial charge in [0.1, 0.15) is 0 Å². The molecular weight excluding hydrogens is 382 g/mol. The Morgan fingerprint density at radius 1 is 1.00 bits per heavy atom. The van der Waals surface area contributed by atoms with Crippen molar-refractivity contribution in [1.29, 1.82) is 5.26 Å². The number of nitrogens with zero attached hydrogens (tertiary/aromatic N) is 3. The van der Waals surface area contributed by atoms with Crippen LogP contribution < -0.4 is 4.90 Å². The van der Waals surface area contributed by atoms with Gasteiger partial charge in [0.25, 0.3) is 0 Å². The summed E-state index contributed by atoms with van der Waals surface area (Å²) in [6, 6.07) is 15.0. The minimum Gasteiger partial charge on any atom is -0.369 e. The van der Waals surface area contributed by atoms with E-state index in [0.29, 0.717) is 11.6 Å². The molecule has 31 heavy (non-hydrogen) atoms. The number of benzene rings is 2. The molecule has 2 aromatic rings. The number of piperazine rings is 1. The summed E-state index contributed by atoms with van der Waals surface area (Å²) in [6.45, 7) is 13.0. The SMILES string of the molecule is CC(C)N1CCN(c2ccc3c(c2)C(=O)C2=C(Cc4cc(C#N)ccc42)C3(C)C)CC1. The second kappa shape index (κ2) is 7.07. The van der Waals surface area contributed by atoms with E-state index in [9.17, 15) is 10.1 Å². The van der Waals surface area contributed by atoms with Crippen molar-refractivity contribution < 1.29 is 4.79 Å². The van der Waals surface area contributed by atoms with E-state index in [1.807, 2.05) is 18.2 Å². The van der Waals surface area contributed by atoms with Gasteiger partial charge in [-0.05, 0) is 66.8 Å². The van der Waals surface area contributed by atoms with Gasteiger partial charge in [0, 0.05) is 54.5 Å². The zero-order valence-corrected chi connectivity index (χ0v) is 18.8. The fourth-order valence-electron chi connectivity index (χ4n) is 5.54. The minimum absolute atomic E-state index is 0.135. The Morgan fingerprint density at radius 3 is 2.42 bits per heavy atom. The van der Waals surface area contributed by atoms with E-state index in [1.54, 1.807) is 0 Å². The van der Waals surface area contributed by atoms with Crippen LogP contribution in [0.4, 0.5) is 5.69 Å². The molecule has 0 atom stereocenters. The van der Waals surface area contributed by atoms with Crippen molar-refractivity contribution >= 4 is 17.0 Å². The van der Waals surface area contributed by atoms with Crippen LogP contribution in [0, 0.1) is 11.3 Å². The number of allylic oxidation sites excluding steroid dienone is 2. The lowest BCUT2D eigenvalue weighted by atomic mass is 9.68. The molecule has 0 radical (unpaired) electrons. The van der Waals surface area contributed by atoms with Gasteiger partial charge < -0.3 is 4.90 Å². The lowest BCUT2D eigenvalue weighted by Crippen LogP contribution is -2.49. The van der Waals surface area contributed by atoms with Gasteiger partial charge in [-0.1, -0.05) is 26.0 Å². The first-order chi connectivity index (χ1) is 14.8. The molecule has 0 spiro atoms. The van der Waals surface area contributed by atoms with Crippen LogP contribution >= 0.6 is 0 Å². The van der Waals surface area contributed by atoms with Gasteiger partial charge in [-0.25, -0.2) is 0 Å². The third kappa shape index (κ3) is 3.03. The number of carbonyl (C=O) groups is 1. The van der Waals surface area contributed by atoms with Crippen molar-refractivity contribution in [3.05, 3.63) is 69.8 Å². The summed E-state index contributed by atoms with van der Waals surface area (Å²) in [5.74, 6) is 0.135. The number of anilines is 1. The number of fused-ring (bicyclic) bond motifs is 3. The highest BCUT2D eigenvalue weighted by atomic mass is 16.1. The highest BCUT2D eigenvalue weighted by molar-refractivity contribution is 6.33. The molecule has 1 saturated heterocycles. The molecule has 158 valence electrons. The smallest absolute Gasteiger partial charge is 0.194 e. The van der Waals surface area contributed by atoms with Crippen molar-refractivity contribution in [3.8, 4) is 6.07 Å². The quantitative estimate of drug-likeness (QED) is 0.726. The topological polar surface area (TPSA) is 47.3 Å². The van der Waals surface area contributed by atoms with Gasteiger partial charge in [-0.15, -0.1) is 0 Å². The van der Waals surface area contributed by atoms with Crippen LogP contribution in [0.1, 0.15) is 60.3 Å². The van der Waals surface area contributed by atoms with Crippen LogP contribution in [0.2, 0.25) is 0 Å². The number of Topliss-reactive ketones (excluding diaryl/α,β-unsaturated/α-hetero) is 1. The van der Waals surface area contributed by atoms with E-state index in [4.69, 9.17) is 0 Å². The molecule has 3 aliphatic rings. The number of nitriles is 1. The summed E-state index contributed by atoms with van der Waals surface area (Å²) in [5, 5.41) is 9.29. The van der Waals surface area contributed by atoms with E-state index in [0.717, 1.165) is 66.1 Å². The summed E-state index contributed by atoms with van der Waals surface area (Å²) in [7, 11) is 0. The van der Waals surface area contributed by atoms with E-state index in [-0.39, 0.29) is 11.2 Å². The van der Waals surface area contributed by atoms with Crippen molar-refractivity contribution in [2.45, 2.75) is 45.6 Å². The van der Waals surface area contributed by atoms with Crippen LogP contribution in [-0.4, -0.2) is 42.9 Å². The second-order valence-corrected chi connectivity index (χ2v) is 9.81. The number of hydrogen-bond donors (Lipinski definition) is 0. The lowest BCUT2D eigenvalue weighted by molar-refractivity contribution is 0.105. The fraction of sp³-hybridized carbons (Fsp3) is 0.407. The van der Waals surface area contributed by atoms with Gasteiger partial charge in [0.2, 0.25) is 0 Å². The predicted molar refractivity (Wildman–Crippen MR) is 125 cm³/mol. The molecule has 0 aromatic heterocycles. The third-order valence-electron chi connectivity index (χ3n) is 7.49. The van der Waals surface area contributed by atoms with E-state index >= 15 is 0 Å². The van der Waals surface area contributed by atoms with Gasteiger partial charge in [-0.3, -0.25) is 9.69 Å². The maximum atomic E-state index is 13.7. The molecule has 1 aliphatic heterocycles. The molecule has 4 heteroatoms. The molecule has 2 aliphatic carbocycles. The van der Waals surface area contributed by atoms with Crippen LogP contribution in [0.5, 0.6) is 0 Å². The summed E-state index contributed by atoms with van der Waals surface area (Å²) in [4.78, 5) is 18.6. The first kappa shape index (κ1) is 20.0. The molecule has 0 unspecified atom stereocenters. The summed E-state index contributed by atoms with van der Waals surface area (Å²) in [5.41, 5.74) is 7.71. The van der Waals surface area contributed by atoms with Crippen molar-refractivity contribution in [1.82, 2.24) is 4.90 Å². The van der Waals surface area contributed by atoms with Gasteiger partial charge in [0.05, 0.1) is 11.6 Å². The maximum Gasteiger partial charge on any atom is 0.194 e. The van der Waals surface area contributed by atoms with E-state index < -0.39 is 0 Å². The molecule has 2 aromatic carbocycles. The van der Waals surface area contributed by atoms with Gasteiger partial charge >= 0.3 is 0 Å². The number of ketones is 1. The molecule has 1 fully saturated rings. The Kier molecular flexibility index (Phi) is 4.57. The van der Waals surface area contributed by atoms with E-state index in [2.05, 4.69) is 61.8 Å². The largest absolute Gasteiger partial charge is 0.369 e. The molecule has 0 N–H and O–H groups in total. The molecule has 0 saturated carbocycles. The second-order valence-electron chi connectivity index (χ2n) is 9.81. The normalized spacial score (nSPS) is 19.9. The first-order valence-electron chi connectivity index (χ1n) is 11.3. The highest BCUT2D eigenvalue weighted by Gasteiger charge is 2.43. The Morgan fingerprint density at radius 2 is 1.74 bits per heavy atom. The standard InChI is InChI=1S/C27H29N3O/c1-17(2)29-9-11-30(12-10-29)20-6-8-23-22(15-20)26(31)25-21-7-5-18(16-28)13-19(21)14-24(25)27(23,3)4/h5-8,13,15,17H,9-12,14H2,1-4H3. The lowest BCUT2D eigenvalue weighted by Gasteiger charge is -2.39. The minimum atomic E-state index is -0.209. The van der Waals surface area contributed by atoms with Crippen molar-refractivity contribution in [2.75, 3.05) is 31.1 Å². The van der Waals surface area contributed by atoms with Crippen LogP contribution in [-0.2, 0) is 11.8 Å². The average molecular weight is 412 g/mol. The molecule has 4 nitrogen and oxygen atoms in total. The van der Waals surface area contributed by atoms with E-state index in [1.165, 1.54) is 5.57 Å². The maximum absolute atomic E-state index is 13.7. The monoisotopic (exact) mass is 411 g/mol. The summed E-state index contributed by atoms with van der Waals surface area (Å²) < 4.78 is 0. The molecule has 5 rings (SSSR count). The van der Waals surface area contributed by atoms with Crippen LogP contribution in [0.25, 0.3) is 5.57 Å². The Balaban J connectivity index is 1.52. The van der Waals surface area contributed by atoms with Crippen LogP contribution in [0.15, 0.2) is 42.0 Å². The third-order valence-corrected chi connectivity index (χ3v) is 7.49. The highest BCUT2D eigenvalue weighted by Crippen LogP contribution is 2.50. The fourth-order valence-corrected chi connectivity index (χ4v) is 5.54. The van der Waals surface area contributed by atoms with Crippen molar-refractivity contribution in [3.63, 3.8) is 0 Å². The van der Waals surface area contributed by atoms with Gasteiger partial charge in [-0.2, -0.15) is 5.26 Å². The Labute approximate surface area is 184 Å². The molecule has 0 amide bonds. The Bertz CT molecular complexity index is 1160. The predicted octanol–water partition coefficient (Wildman–Crippen LogP) is 4.57. The summed E-state index contributed by atoms with van der Waals surface area (Å²) >= 11 is 0. The number of carbonyl (C=O) groups excluding carboxylic acids is 1. The average Bonchev–Trinajstić information content (AvgIpc) is 3.17. The zero-order chi connectivity index (χ0) is 21.9. The number of rotatable bonds is 2. The Hall–Kier alpha value is -2.90. The molecular formula is C27H29N3O. The van der Waals surface area contributed by atoms with Gasteiger partial charge in [0.15, 0.2) is 5.78 Å². The van der Waals surface area contributed by atoms with Crippen LogP contribution in [0.3, 0.4) is 0 Å². The zero-order valence-electron chi connectivity index (χ0n) is 18.8. The molecule has 1 heterocycles. The summed E-state index contributed by atoms with van der Waals surface area (Å²) in [6.07, 6.45) is 0.747.